The Hall–Kier alpha value is -3.07. The van der Waals surface area contributed by atoms with E-state index >= 15 is 0 Å². The van der Waals surface area contributed by atoms with E-state index in [1.54, 1.807) is 26.0 Å². The van der Waals surface area contributed by atoms with Gasteiger partial charge in [-0.05, 0) is 61.1 Å². The molecule has 0 fully saturated rings. The van der Waals surface area contributed by atoms with Crippen LogP contribution in [0.3, 0.4) is 0 Å². The molecule has 0 spiro atoms. The fourth-order valence-corrected chi connectivity index (χ4v) is 4.00. The number of benzene rings is 2. The highest BCUT2D eigenvalue weighted by atomic mass is 32.1. The predicted octanol–water partition coefficient (Wildman–Crippen LogP) is 5.62. The number of rotatable bonds is 9. The summed E-state index contributed by atoms with van der Waals surface area (Å²) in [5, 5.41) is 0. The lowest BCUT2D eigenvalue weighted by Gasteiger charge is -2.12. The standard InChI is InChI=1S/C23H22F3NO4S/c1-4-30-20(28)8-6-14-10-18(25)21(19(26)11-14)31-12-16-22(32-27-23(16)29-3)15-7-5-13(2)9-17(15)24/h5,7,9-11H,4,6,8,12H2,1-3H3. The highest BCUT2D eigenvalue weighted by molar-refractivity contribution is 7.10. The third-order valence-electron chi connectivity index (χ3n) is 4.66. The summed E-state index contributed by atoms with van der Waals surface area (Å²) < 4.78 is 63.2. The minimum absolute atomic E-state index is 0.0101. The maximum atomic E-state index is 14.5. The third kappa shape index (κ3) is 5.40. The van der Waals surface area contributed by atoms with Gasteiger partial charge in [-0.3, -0.25) is 4.79 Å². The summed E-state index contributed by atoms with van der Waals surface area (Å²) in [7, 11) is 1.40. The van der Waals surface area contributed by atoms with E-state index in [2.05, 4.69) is 4.37 Å². The van der Waals surface area contributed by atoms with Gasteiger partial charge in [-0.2, -0.15) is 4.37 Å². The molecule has 2 aromatic carbocycles. The average Bonchev–Trinajstić information content (AvgIpc) is 3.14. The summed E-state index contributed by atoms with van der Waals surface area (Å²) in [6.45, 7) is 3.41. The number of carbonyl (C=O) groups excluding carboxylic acids is 1. The molecule has 0 bridgehead atoms. The second kappa shape index (κ2) is 10.5. The van der Waals surface area contributed by atoms with Crippen LogP contribution in [0.25, 0.3) is 10.4 Å². The van der Waals surface area contributed by atoms with E-state index in [9.17, 15) is 18.0 Å². The van der Waals surface area contributed by atoms with E-state index in [1.807, 2.05) is 0 Å². The molecule has 0 unspecified atom stereocenters. The minimum atomic E-state index is -0.908. The van der Waals surface area contributed by atoms with Crippen molar-refractivity contribution in [1.82, 2.24) is 4.37 Å². The molecule has 0 saturated heterocycles. The second-order valence-electron chi connectivity index (χ2n) is 6.97. The van der Waals surface area contributed by atoms with E-state index in [-0.39, 0.29) is 31.9 Å². The number of hydrogen-bond donors (Lipinski definition) is 0. The third-order valence-corrected chi connectivity index (χ3v) is 5.56. The molecular formula is C23H22F3NO4S. The fourth-order valence-electron chi connectivity index (χ4n) is 3.12. The Morgan fingerprint density at radius 3 is 2.44 bits per heavy atom. The zero-order valence-electron chi connectivity index (χ0n) is 17.8. The number of halogens is 3. The lowest BCUT2D eigenvalue weighted by atomic mass is 10.1. The molecule has 3 aromatic rings. The van der Waals surface area contributed by atoms with E-state index < -0.39 is 29.2 Å². The van der Waals surface area contributed by atoms with Crippen molar-refractivity contribution in [3.8, 4) is 22.1 Å². The Labute approximate surface area is 187 Å². The Bertz CT molecular complexity index is 1090. The second-order valence-corrected chi connectivity index (χ2v) is 7.74. The molecule has 0 aliphatic rings. The van der Waals surface area contributed by atoms with Gasteiger partial charge in [0.15, 0.2) is 17.4 Å². The largest absolute Gasteiger partial charge is 0.483 e. The van der Waals surface area contributed by atoms with Gasteiger partial charge in [0.1, 0.15) is 12.4 Å². The molecule has 0 aliphatic carbocycles. The summed E-state index contributed by atoms with van der Waals surface area (Å²) in [4.78, 5) is 11.9. The highest BCUT2D eigenvalue weighted by Gasteiger charge is 2.21. The highest BCUT2D eigenvalue weighted by Crippen LogP contribution is 2.37. The molecule has 5 nitrogen and oxygen atoms in total. The molecule has 0 N–H and O–H groups in total. The molecule has 0 radical (unpaired) electrons. The fraction of sp³-hybridized carbons (Fsp3) is 0.304. The van der Waals surface area contributed by atoms with Gasteiger partial charge in [0.2, 0.25) is 5.88 Å². The zero-order valence-corrected chi connectivity index (χ0v) is 18.7. The Morgan fingerprint density at radius 1 is 1.09 bits per heavy atom. The molecular weight excluding hydrogens is 443 g/mol. The summed E-state index contributed by atoms with van der Waals surface area (Å²) in [6.07, 6.45) is 0.141. The van der Waals surface area contributed by atoms with Crippen molar-refractivity contribution < 1.29 is 32.2 Å². The van der Waals surface area contributed by atoms with Crippen molar-refractivity contribution in [2.24, 2.45) is 0 Å². The van der Waals surface area contributed by atoms with Crippen molar-refractivity contribution in [2.45, 2.75) is 33.3 Å². The maximum Gasteiger partial charge on any atom is 0.306 e. The first kappa shape index (κ1) is 23.6. The average molecular weight is 465 g/mol. The number of ether oxygens (including phenoxy) is 3. The van der Waals surface area contributed by atoms with Crippen LogP contribution in [0.1, 0.15) is 30.0 Å². The van der Waals surface area contributed by atoms with E-state index in [0.29, 0.717) is 21.6 Å². The van der Waals surface area contributed by atoms with Crippen LogP contribution >= 0.6 is 11.5 Å². The van der Waals surface area contributed by atoms with Crippen molar-refractivity contribution in [3.05, 3.63) is 64.5 Å². The zero-order chi connectivity index (χ0) is 23.3. The summed E-state index contributed by atoms with van der Waals surface area (Å²) >= 11 is 1.01. The van der Waals surface area contributed by atoms with Gasteiger partial charge in [-0.1, -0.05) is 12.1 Å². The molecule has 0 saturated carbocycles. The van der Waals surface area contributed by atoms with Gasteiger partial charge in [-0.15, -0.1) is 0 Å². The van der Waals surface area contributed by atoms with Crippen LogP contribution in [0.5, 0.6) is 11.6 Å². The monoisotopic (exact) mass is 465 g/mol. The van der Waals surface area contributed by atoms with Gasteiger partial charge in [0.25, 0.3) is 0 Å². The Balaban J connectivity index is 1.81. The first-order valence-corrected chi connectivity index (χ1v) is 10.7. The van der Waals surface area contributed by atoms with E-state index in [1.165, 1.54) is 13.2 Å². The molecule has 1 heterocycles. The minimum Gasteiger partial charge on any atom is -0.483 e. The number of carbonyl (C=O) groups is 1. The van der Waals surface area contributed by atoms with Crippen LogP contribution < -0.4 is 9.47 Å². The normalized spacial score (nSPS) is 10.8. The van der Waals surface area contributed by atoms with Crippen LogP contribution in [0.15, 0.2) is 30.3 Å². The van der Waals surface area contributed by atoms with Crippen LogP contribution in [0.2, 0.25) is 0 Å². The number of hydrogen-bond acceptors (Lipinski definition) is 6. The molecule has 0 aliphatic heterocycles. The van der Waals surface area contributed by atoms with Crippen LogP contribution in [-0.2, 0) is 22.6 Å². The molecule has 170 valence electrons. The van der Waals surface area contributed by atoms with Crippen LogP contribution in [-0.4, -0.2) is 24.1 Å². The van der Waals surface area contributed by atoms with Gasteiger partial charge in [0.05, 0.1) is 24.2 Å². The number of aryl methyl sites for hydroxylation is 2. The first-order valence-electron chi connectivity index (χ1n) is 9.89. The van der Waals surface area contributed by atoms with Crippen molar-refractivity contribution in [3.63, 3.8) is 0 Å². The SMILES string of the molecule is CCOC(=O)CCc1cc(F)c(OCc2c(OC)nsc2-c2ccc(C)cc2F)c(F)c1. The topological polar surface area (TPSA) is 57.7 Å². The van der Waals surface area contributed by atoms with Gasteiger partial charge in [0, 0.05) is 12.0 Å². The summed E-state index contributed by atoms with van der Waals surface area (Å²) in [6, 6.07) is 6.98. The molecule has 32 heavy (non-hydrogen) atoms. The molecule has 0 amide bonds. The van der Waals surface area contributed by atoms with Gasteiger partial charge in [-0.25, -0.2) is 13.2 Å². The van der Waals surface area contributed by atoms with Crippen molar-refractivity contribution >= 4 is 17.5 Å². The Morgan fingerprint density at radius 2 is 1.81 bits per heavy atom. The van der Waals surface area contributed by atoms with Crippen molar-refractivity contribution in [2.75, 3.05) is 13.7 Å². The van der Waals surface area contributed by atoms with E-state index in [0.717, 1.165) is 29.2 Å². The lowest BCUT2D eigenvalue weighted by molar-refractivity contribution is -0.143. The number of nitrogens with zero attached hydrogens (tertiary/aromatic N) is 1. The van der Waals surface area contributed by atoms with Crippen molar-refractivity contribution in [1.29, 1.82) is 0 Å². The van der Waals surface area contributed by atoms with E-state index in [4.69, 9.17) is 14.2 Å². The number of esters is 1. The lowest BCUT2D eigenvalue weighted by Crippen LogP contribution is -2.06. The quantitative estimate of drug-likeness (QED) is 0.384. The molecule has 3 rings (SSSR count). The first-order chi connectivity index (χ1) is 15.3. The van der Waals surface area contributed by atoms with Crippen LogP contribution in [0.4, 0.5) is 13.2 Å². The molecule has 0 atom stereocenters. The maximum absolute atomic E-state index is 14.5. The van der Waals surface area contributed by atoms with Crippen LogP contribution in [0, 0.1) is 24.4 Å². The summed E-state index contributed by atoms with van der Waals surface area (Å²) in [5.41, 5.74) is 1.74. The summed E-state index contributed by atoms with van der Waals surface area (Å²) in [5.74, 6) is -3.09. The Kier molecular flexibility index (Phi) is 7.74. The molecule has 9 heteroatoms. The van der Waals surface area contributed by atoms with Gasteiger partial charge < -0.3 is 14.2 Å². The number of methoxy groups -OCH3 is 1. The van der Waals surface area contributed by atoms with Gasteiger partial charge >= 0.3 is 5.97 Å². The molecule has 1 aromatic heterocycles. The smallest absolute Gasteiger partial charge is 0.306 e. The number of aromatic nitrogens is 1. The predicted molar refractivity (Wildman–Crippen MR) is 114 cm³/mol.